The molecule has 3 aromatic rings. The molecular weight excluding hydrogens is 358 g/mol. The highest BCUT2D eigenvalue weighted by Crippen LogP contribution is 2.27. The van der Waals surface area contributed by atoms with E-state index in [0.717, 1.165) is 22.9 Å². The van der Waals surface area contributed by atoms with Crippen LogP contribution in [-0.2, 0) is 16.4 Å². The first kappa shape index (κ1) is 17.4. The van der Waals surface area contributed by atoms with E-state index < -0.39 is 10.0 Å². The lowest BCUT2D eigenvalue weighted by molar-refractivity contribution is 0.102. The summed E-state index contributed by atoms with van der Waals surface area (Å²) in [6.07, 6.45) is 2.02. The Hall–Kier alpha value is -2.45. The van der Waals surface area contributed by atoms with Crippen LogP contribution < -0.4 is 10.0 Å². The standard InChI is InChI=1S/C17H17N3O3S2/c1-3-11-4-9-14-15(10-11)24-17(18-14)19-16(21)12-5-7-13(8-6-12)20-25(2,22)23/h4-10,20H,3H2,1-2H3,(H,18,19,21). The highest BCUT2D eigenvalue weighted by molar-refractivity contribution is 7.92. The van der Waals surface area contributed by atoms with E-state index in [1.807, 2.05) is 12.1 Å². The van der Waals surface area contributed by atoms with Crippen LogP contribution in [-0.4, -0.2) is 25.6 Å². The molecule has 0 radical (unpaired) electrons. The molecule has 0 saturated heterocycles. The fraction of sp³-hybridized carbons (Fsp3) is 0.176. The summed E-state index contributed by atoms with van der Waals surface area (Å²) in [6.45, 7) is 2.09. The zero-order valence-electron chi connectivity index (χ0n) is 13.7. The van der Waals surface area contributed by atoms with Gasteiger partial charge in [-0.1, -0.05) is 24.3 Å². The van der Waals surface area contributed by atoms with Gasteiger partial charge in [-0.25, -0.2) is 13.4 Å². The minimum atomic E-state index is -3.34. The third kappa shape index (κ3) is 4.34. The molecule has 1 amide bonds. The van der Waals surface area contributed by atoms with Crippen molar-refractivity contribution in [2.75, 3.05) is 16.3 Å². The zero-order chi connectivity index (χ0) is 18.0. The molecule has 1 aromatic heterocycles. The molecule has 0 aliphatic carbocycles. The van der Waals surface area contributed by atoms with Crippen LogP contribution in [0.25, 0.3) is 10.2 Å². The normalized spacial score (nSPS) is 11.4. The summed E-state index contributed by atoms with van der Waals surface area (Å²) in [5.41, 5.74) is 2.91. The SMILES string of the molecule is CCc1ccc2nc(NC(=O)c3ccc(NS(C)(=O)=O)cc3)sc2c1. The van der Waals surface area contributed by atoms with Crippen molar-refractivity contribution in [1.29, 1.82) is 0 Å². The van der Waals surface area contributed by atoms with Crippen LogP contribution in [0.2, 0.25) is 0 Å². The number of amides is 1. The Morgan fingerprint density at radius 2 is 1.88 bits per heavy atom. The molecule has 3 rings (SSSR count). The van der Waals surface area contributed by atoms with E-state index in [1.54, 1.807) is 24.3 Å². The summed E-state index contributed by atoms with van der Waals surface area (Å²) in [7, 11) is -3.34. The van der Waals surface area contributed by atoms with Gasteiger partial charge in [0.05, 0.1) is 16.5 Å². The summed E-state index contributed by atoms with van der Waals surface area (Å²) < 4.78 is 25.8. The molecule has 6 nitrogen and oxygen atoms in total. The topological polar surface area (TPSA) is 88.2 Å². The summed E-state index contributed by atoms with van der Waals surface area (Å²) in [5.74, 6) is -0.291. The molecular formula is C17H17N3O3S2. The number of carbonyl (C=O) groups is 1. The Labute approximate surface area is 150 Å². The Morgan fingerprint density at radius 1 is 1.16 bits per heavy atom. The molecule has 1 heterocycles. The van der Waals surface area contributed by atoms with Gasteiger partial charge in [-0.05, 0) is 48.4 Å². The molecule has 0 aliphatic heterocycles. The minimum absolute atomic E-state index is 0.291. The van der Waals surface area contributed by atoms with Gasteiger partial charge < -0.3 is 0 Å². The van der Waals surface area contributed by atoms with Crippen molar-refractivity contribution in [1.82, 2.24) is 4.98 Å². The Bertz CT molecular complexity index is 1020. The first-order chi connectivity index (χ1) is 11.8. The fourth-order valence-electron chi connectivity index (χ4n) is 2.32. The van der Waals surface area contributed by atoms with Crippen molar-refractivity contribution in [3.8, 4) is 0 Å². The quantitative estimate of drug-likeness (QED) is 0.714. The van der Waals surface area contributed by atoms with Gasteiger partial charge in [0.25, 0.3) is 5.91 Å². The summed E-state index contributed by atoms with van der Waals surface area (Å²) in [6, 6.07) is 12.3. The fourth-order valence-corrected chi connectivity index (χ4v) is 3.80. The van der Waals surface area contributed by atoms with E-state index >= 15 is 0 Å². The maximum absolute atomic E-state index is 12.3. The lowest BCUT2D eigenvalue weighted by Crippen LogP contribution is -2.12. The average Bonchev–Trinajstić information content (AvgIpc) is 2.95. The molecule has 25 heavy (non-hydrogen) atoms. The molecule has 0 saturated carbocycles. The number of hydrogen-bond acceptors (Lipinski definition) is 5. The van der Waals surface area contributed by atoms with Crippen LogP contribution >= 0.6 is 11.3 Å². The van der Waals surface area contributed by atoms with Crippen LogP contribution in [0.3, 0.4) is 0 Å². The summed E-state index contributed by atoms with van der Waals surface area (Å²) in [4.78, 5) is 16.7. The average molecular weight is 375 g/mol. The molecule has 130 valence electrons. The van der Waals surface area contributed by atoms with Gasteiger partial charge in [-0.2, -0.15) is 0 Å². The van der Waals surface area contributed by atoms with Gasteiger partial charge in [0.2, 0.25) is 10.0 Å². The van der Waals surface area contributed by atoms with Crippen LogP contribution in [0.15, 0.2) is 42.5 Å². The second kappa shape index (κ2) is 6.81. The molecule has 0 spiro atoms. The number of aryl methyl sites for hydroxylation is 1. The van der Waals surface area contributed by atoms with Crippen molar-refractivity contribution in [2.45, 2.75) is 13.3 Å². The van der Waals surface area contributed by atoms with Crippen molar-refractivity contribution in [2.24, 2.45) is 0 Å². The van der Waals surface area contributed by atoms with Gasteiger partial charge in [0.15, 0.2) is 5.13 Å². The predicted octanol–water partition coefficient (Wildman–Crippen LogP) is 3.48. The lowest BCUT2D eigenvalue weighted by atomic mass is 10.2. The number of nitrogens with zero attached hydrogens (tertiary/aromatic N) is 1. The molecule has 2 N–H and O–H groups in total. The number of sulfonamides is 1. The highest BCUT2D eigenvalue weighted by Gasteiger charge is 2.11. The molecule has 8 heteroatoms. The second-order valence-corrected chi connectivity index (χ2v) is 8.36. The maximum atomic E-state index is 12.3. The number of aromatic nitrogens is 1. The van der Waals surface area contributed by atoms with E-state index in [4.69, 9.17) is 0 Å². The molecule has 2 aromatic carbocycles. The highest BCUT2D eigenvalue weighted by atomic mass is 32.2. The number of thiazole rings is 1. The number of carbonyl (C=O) groups excluding carboxylic acids is 1. The molecule has 0 atom stereocenters. The molecule has 0 unspecified atom stereocenters. The van der Waals surface area contributed by atoms with Crippen molar-refractivity contribution in [3.05, 3.63) is 53.6 Å². The van der Waals surface area contributed by atoms with Crippen LogP contribution in [0.1, 0.15) is 22.8 Å². The number of fused-ring (bicyclic) bond motifs is 1. The second-order valence-electron chi connectivity index (χ2n) is 5.58. The van der Waals surface area contributed by atoms with Crippen LogP contribution in [0.5, 0.6) is 0 Å². The summed E-state index contributed by atoms with van der Waals surface area (Å²) >= 11 is 1.43. The van der Waals surface area contributed by atoms with Gasteiger partial charge in [-0.15, -0.1) is 0 Å². The lowest BCUT2D eigenvalue weighted by Gasteiger charge is -2.05. The first-order valence-corrected chi connectivity index (χ1v) is 10.3. The molecule has 0 fully saturated rings. The smallest absolute Gasteiger partial charge is 0.257 e. The van der Waals surface area contributed by atoms with Crippen molar-refractivity contribution in [3.63, 3.8) is 0 Å². The van der Waals surface area contributed by atoms with Gasteiger partial charge in [0, 0.05) is 11.3 Å². The van der Waals surface area contributed by atoms with E-state index in [2.05, 4.69) is 28.0 Å². The van der Waals surface area contributed by atoms with Crippen LogP contribution in [0, 0.1) is 0 Å². The van der Waals surface area contributed by atoms with Crippen LogP contribution in [0.4, 0.5) is 10.8 Å². The van der Waals surface area contributed by atoms with E-state index in [0.29, 0.717) is 16.4 Å². The zero-order valence-corrected chi connectivity index (χ0v) is 15.4. The van der Waals surface area contributed by atoms with Crippen molar-refractivity contribution < 1.29 is 13.2 Å². The van der Waals surface area contributed by atoms with E-state index in [1.165, 1.54) is 16.9 Å². The van der Waals surface area contributed by atoms with Gasteiger partial charge in [0.1, 0.15) is 0 Å². The predicted molar refractivity (Wildman–Crippen MR) is 102 cm³/mol. The van der Waals surface area contributed by atoms with Gasteiger partial charge >= 0.3 is 0 Å². The number of rotatable bonds is 5. The van der Waals surface area contributed by atoms with Gasteiger partial charge in [-0.3, -0.25) is 14.8 Å². The summed E-state index contributed by atoms with van der Waals surface area (Å²) in [5, 5.41) is 3.32. The molecule has 0 bridgehead atoms. The number of hydrogen-bond donors (Lipinski definition) is 2. The Kier molecular flexibility index (Phi) is 4.73. The largest absolute Gasteiger partial charge is 0.298 e. The first-order valence-electron chi connectivity index (χ1n) is 7.63. The maximum Gasteiger partial charge on any atom is 0.257 e. The third-order valence-corrected chi connectivity index (χ3v) is 5.07. The number of benzene rings is 2. The van der Waals surface area contributed by atoms with E-state index in [-0.39, 0.29) is 5.91 Å². The Balaban J connectivity index is 1.75. The number of nitrogens with one attached hydrogen (secondary N) is 2. The Morgan fingerprint density at radius 3 is 2.52 bits per heavy atom. The monoisotopic (exact) mass is 375 g/mol. The molecule has 0 aliphatic rings. The van der Waals surface area contributed by atoms with Crippen molar-refractivity contribution >= 4 is 48.3 Å². The van der Waals surface area contributed by atoms with E-state index in [9.17, 15) is 13.2 Å². The number of anilines is 2. The minimum Gasteiger partial charge on any atom is -0.298 e. The third-order valence-electron chi connectivity index (χ3n) is 3.53.